The summed E-state index contributed by atoms with van der Waals surface area (Å²) in [6.07, 6.45) is 5.00. The molecule has 1 fully saturated rings. The summed E-state index contributed by atoms with van der Waals surface area (Å²) in [5, 5.41) is 3.58. The normalized spacial score (nSPS) is 17.3. The van der Waals surface area contributed by atoms with Crippen LogP contribution < -0.4 is 5.32 Å². The summed E-state index contributed by atoms with van der Waals surface area (Å²) >= 11 is 0. The van der Waals surface area contributed by atoms with E-state index in [9.17, 15) is 0 Å². The van der Waals surface area contributed by atoms with Crippen molar-refractivity contribution in [1.82, 2.24) is 5.32 Å². The van der Waals surface area contributed by atoms with Gasteiger partial charge in [-0.1, -0.05) is 0 Å². The third-order valence-electron chi connectivity index (χ3n) is 3.09. The van der Waals surface area contributed by atoms with Gasteiger partial charge in [-0.25, -0.2) is 0 Å². The minimum absolute atomic E-state index is 0.564. The van der Waals surface area contributed by atoms with Crippen molar-refractivity contribution in [2.45, 2.75) is 31.7 Å². The predicted octanol–water partition coefficient (Wildman–Crippen LogP) is 1.44. The zero-order valence-electron chi connectivity index (χ0n) is 11.2. The van der Waals surface area contributed by atoms with Gasteiger partial charge in [0, 0.05) is 26.9 Å². The first-order chi connectivity index (χ1) is 8.38. The SMILES string of the molecule is COCCOCCCCNC(COC)C1CC1. The van der Waals surface area contributed by atoms with Gasteiger partial charge in [0.05, 0.1) is 19.8 Å². The zero-order chi connectivity index (χ0) is 12.3. The highest BCUT2D eigenvalue weighted by atomic mass is 16.5. The van der Waals surface area contributed by atoms with Crippen LogP contribution in [0.2, 0.25) is 0 Å². The second-order valence-electron chi connectivity index (χ2n) is 4.67. The Bertz CT molecular complexity index is 174. The first kappa shape index (κ1) is 14.9. The molecule has 0 radical (unpaired) electrons. The van der Waals surface area contributed by atoms with Gasteiger partial charge in [-0.15, -0.1) is 0 Å². The topological polar surface area (TPSA) is 39.7 Å². The largest absolute Gasteiger partial charge is 0.383 e. The van der Waals surface area contributed by atoms with Crippen LogP contribution in [0.15, 0.2) is 0 Å². The molecule has 4 heteroatoms. The highest BCUT2D eigenvalue weighted by molar-refractivity contribution is 4.86. The molecule has 0 aromatic rings. The van der Waals surface area contributed by atoms with Crippen molar-refractivity contribution >= 4 is 0 Å². The number of hydrogen-bond acceptors (Lipinski definition) is 4. The van der Waals surface area contributed by atoms with Gasteiger partial charge in [-0.3, -0.25) is 0 Å². The Morgan fingerprint density at radius 1 is 1.06 bits per heavy atom. The molecule has 17 heavy (non-hydrogen) atoms. The summed E-state index contributed by atoms with van der Waals surface area (Å²) in [4.78, 5) is 0. The minimum atomic E-state index is 0.564. The van der Waals surface area contributed by atoms with Crippen LogP contribution >= 0.6 is 0 Å². The van der Waals surface area contributed by atoms with Crippen LogP contribution in [0.5, 0.6) is 0 Å². The standard InChI is InChI=1S/C13H27NO3/c1-15-9-10-17-8-4-3-7-14-13(11-16-2)12-5-6-12/h12-14H,3-11H2,1-2H3. The molecule has 0 amide bonds. The summed E-state index contributed by atoms with van der Waals surface area (Å²) in [5.74, 6) is 0.855. The van der Waals surface area contributed by atoms with Crippen LogP contribution in [0.4, 0.5) is 0 Å². The van der Waals surface area contributed by atoms with Gasteiger partial charge >= 0.3 is 0 Å². The fraction of sp³-hybridized carbons (Fsp3) is 1.00. The molecule has 102 valence electrons. The van der Waals surface area contributed by atoms with E-state index in [-0.39, 0.29) is 0 Å². The van der Waals surface area contributed by atoms with Crippen molar-refractivity contribution in [2.75, 3.05) is 47.2 Å². The van der Waals surface area contributed by atoms with Gasteiger partial charge in [0.25, 0.3) is 0 Å². The summed E-state index contributed by atoms with van der Waals surface area (Å²) in [6, 6.07) is 0.564. The van der Waals surface area contributed by atoms with Crippen molar-refractivity contribution in [3.05, 3.63) is 0 Å². The molecule has 1 saturated carbocycles. The summed E-state index contributed by atoms with van der Waals surface area (Å²) in [5.41, 5.74) is 0. The quantitative estimate of drug-likeness (QED) is 0.528. The first-order valence-corrected chi connectivity index (χ1v) is 6.67. The van der Waals surface area contributed by atoms with E-state index in [0.29, 0.717) is 19.3 Å². The molecule has 1 N–H and O–H groups in total. The van der Waals surface area contributed by atoms with Crippen molar-refractivity contribution in [3.8, 4) is 0 Å². The van der Waals surface area contributed by atoms with Crippen LogP contribution in [0.25, 0.3) is 0 Å². The van der Waals surface area contributed by atoms with Crippen molar-refractivity contribution in [1.29, 1.82) is 0 Å². The number of unbranched alkanes of at least 4 members (excludes halogenated alkanes) is 1. The average Bonchev–Trinajstić information content (AvgIpc) is 3.15. The number of nitrogens with one attached hydrogen (secondary N) is 1. The highest BCUT2D eigenvalue weighted by Crippen LogP contribution is 2.32. The lowest BCUT2D eigenvalue weighted by molar-refractivity contribution is 0.0685. The minimum Gasteiger partial charge on any atom is -0.383 e. The predicted molar refractivity (Wildman–Crippen MR) is 68.3 cm³/mol. The van der Waals surface area contributed by atoms with E-state index in [1.54, 1.807) is 14.2 Å². The third-order valence-corrected chi connectivity index (χ3v) is 3.09. The molecule has 1 unspecified atom stereocenters. The molecule has 1 atom stereocenters. The van der Waals surface area contributed by atoms with Gasteiger partial charge in [0.2, 0.25) is 0 Å². The Kier molecular flexibility index (Phi) is 8.61. The lowest BCUT2D eigenvalue weighted by Gasteiger charge is -2.17. The smallest absolute Gasteiger partial charge is 0.0700 e. The Balaban J connectivity index is 1.85. The zero-order valence-corrected chi connectivity index (χ0v) is 11.2. The molecular formula is C13H27NO3. The number of hydrogen-bond donors (Lipinski definition) is 1. The summed E-state index contributed by atoms with van der Waals surface area (Å²) < 4.78 is 15.5. The van der Waals surface area contributed by atoms with Gasteiger partial charge in [0.15, 0.2) is 0 Å². The number of rotatable bonds is 12. The maximum absolute atomic E-state index is 5.41. The van der Waals surface area contributed by atoms with E-state index >= 15 is 0 Å². The molecule has 1 aliphatic rings. The van der Waals surface area contributed by atoms with Crippen molar-refractivity contribution < 1.29 is 14.2 Å². The summed E-state index contributed by atoms with van der Waals surface area (Å²) in [6.45, 7) is 4.14. The molecule has 0 bridgehead atoms. The van der Waals surface area contributed by atoms with Gasteiger partial charge in [-0.2, -0.15) is 0 Å². The molecule has 1 rings (SSSR count). The summed E-state index contributed by atoms with van der Waals surface area (Å²) in [7, 11) is 3.47. The molecule has 1 aliphatic carbocycles. The Morgan fingerprint density at radius 2 is 1.88 bits per heavy atom. The average molecular weight is 245 g/mol. The molecule has 0 aromatic carbocycles. The fourth-order valence-electron chi connectivity index (χ4n) is 1.90. The molecule has 0 heterocycles. The lowest BCUT2D eigenvalue weighted by atomic mass is 10.2. The number of methoxy groups -OCH3 is 2. The van der Waals surface area contributed by atoms with Crippen LogP contribution in [-0.4, -0.2) is 53.2 Å². The van der Waals surface area contributed by atoms with E-state index < -0.39 is 0 Å². The first-order valence-electron chi connectivity index (χ1n) is 6.67. The van der Waals surface area contributed by atoms with E-state index in [1.807, 2.05) is 0 Å². The Labute approximate surface area is 105 Å². The molecule has 0 aromatic heterocycles. The van der Waals surface area contributed by atoms with Crippen LogP contribution in [0.3, 0.4) is 0 Å². The highest BCUT2D eigenvalue weighted by Gasteiger charge is 2.30. The second-order valence-corrected chi connectivity index (χ2v) is 4.67. The maximum Gasteiger partial charge on any atom is 0.0700 e. The molecule has 0 aliphatic heterocycles. The maximum atomic E-state index is 5.41. The molecule has 4 nitrogen and oxygen atoms in total. The van der Waals surface area contributed by atoms with Crippen molar-refractivity contribution in [2.24, 2.45) is 5.92 Å². The fourth-order valence-corrected chi connectivity index (χ4v) is 1.90. The van der Waals surface area contributed by atoms with E-state index in [0.717, 1.165) is 32.1 Å². The Morgan fingerprint density at radius 3 is 2.53 bits per heavy atom. The van der Waals surface area contributed by atoms with E-state index in [2.05, 4.69) is 5.32 Å². The van der Waals surface area contributed by atoms with Crippen LogP contribution in [-0.2, 0) is 14.2 Å². The third kappa shape index (κ3) is 7.71. The molecule has 0 spiro atoms. The van der Waals surface area contributed by atoms with Crippen LogP contribution in [0.1, 0.15) is 25.7 Å². The van der Waals surface area contributed by atoms with Crippen molar-refractivity contribution in [3.63, 3.8) is 0 Å². The van der Waals surface area contributed by atoms with E-state index in [4.69, 9.17) is 14.2 Å². The second kappa shape index (κ2) is 9.83. The van der Waals surface area contributed by atoms with E-state index in [1.165, 1.54) is 19.3 Å². The lowest BCUT2D eigenvalue weighted by Crippen LogP contribution is -2.35. The molecule has 0 saturated heterocycles. The van der Waals surface area contributed by atoms with Crippen LogP contribution in [0, 0.1) is 5.92 Å². The van der Waals surface area contributed by atoms with Gasteiger partial charge in [0.1, 0.15) is 0 Å². The van der Waals surface area contributed by atoms with Gasteiger partial charge in [-0.05, 0) is 38.1 Å². The monoisotopic (exact) mass is 245 g/mol. The Hall–Kier alpha value is -0.160. The number of ether oxygens (including phenoxy) is 3. The molecular weight excluding hydrogens is 218 g/mol. The van der Waals surface area contributed by atoms with Gasteiger partial charge < -0.3 is 19.5 Å².